The number of aliphatic carboxylic acids is 1. The molecular formula is C19H31N3O4S. The van der Waals surface area contributed by atoms with Gasteiger partial charge in [0.05, 0.1) is 18.1 Å². The Bertz CT molecular complexity index is 636. The maximum Gasteiger partial charge on any atom is 0.353 e. The zero-order valence-electron chi connectivity index (χ0n) is 16.5. The Balaban J connectivity index is 1.66. The number of amides is 1. The van der Waals surface area contributed by atoms with Gasteiger partial charge >= 0.3 is 5.97 Å². The lowest BCUT2D eigenvalue weighted by Gasteiger charge is -2.46. The fourth-order valence-corrected chi connectivity index (χ4v) is 6.12. The molecule has 2 fully saturated rings. The Labute approximate surface area is 165 Å². The third kappa shape index (κ3) is 3.90. The molecule has 8 heteroatoms. The molecule has 152 valence electrons. The van der Waals surface area contributed by atoms with Crippen LogP contribution in [0.2, 0.25) is 0 Å². The number of carbonyl (C=O) groups is 2. The van der Waals surface area contributed by atoms with Gasteiger partial charge in [-0.1, -0.05) is 6.92 Å². The molecule has 3 aliphatic heterocycles. The first-order valence-corrected chi connectivity index (χ1v) is 10.6. The molecule has 0 saturated carbocycles. The third-order valence-electron chi connectivity index (χ3n) is 5.94. The fraction of sp³-hybridized carbons (Fsp3) is 0.789. The number of nitrogens with zero attached hydrogens (tertiary/aromatic N) is 2. The third-order valence-corrected chi connectivity index (χ3v) is 7.46. The van der Waals surface area contributed by atoms with Crippen molar-refractivity contribution >= 4 is 23.6 Å². The molecule has 0 aromatic carbocycles. The number of carboxylic acid groups (broad SMARTS) is 1. The van der Waals surface area contributed by atoms with Gasteiger partial charge in [0.25, 0.3) is 0 Å². The van der Waals surface area contributed by atoms with E-state index in [-0.39, 0.29) is 23.6 Å². The van der Waals surface area contributed by atoms with Crippen LogP contribution in [0.15, 0.2) is 10.6 Å². The highest BCUT2D eigenvalue weighted by molar-refractivity contribution is 8.03. The smallest absolute Gasteiger partial charge is 0.353 e. The van der Waals surface area contributed by atoms with Crippen LogP contribution in [0.25, 0.3) is 0 Å². The first-order valence-electron chi connectivity index (χ1n) is 9.75. The monoisotopic (exact) mass is 397 g/mol. The summed E-state index contributed by atoms with van der Waals surface area (Å²) in [7, 11) is 4.15. The normalized spacial score (nSPS) is 34.2. The molecule has 27 heavy (non-hydrogen) atoms. The average molecular weight is 398 g/mol. The molecule has 2 saturated heterocycles. The largest absolute Gasteiger partial charge is 0.477 e. The summed E-state index contributed by atoms with van der Waals surface area (Å²) in [5, 5.41) is 23.5. The van der Waals surface area contributed by atoms with Gasteiger partial charge in [0, 0.05) is 28.7 Å². The highest BCUT2D eigenvalue weighted by Gasteiger charge is 2.60. The van der Waals surface area contributed by atoms with Gasteiger partial charge in [0.2, 0.25) is 5.91 Å². The highest BCUT2D eigenvalue weighted by atomic mass is 32.2. The quantitative estimate of drug-likeness (QED) is 0.525. The summed E-state index contributed by atoms with van der Waals surface area (Å²) < 4.78 is 0. The summed E-state index contributed by atoms with van der Waals surface area (Å²) >= 11 is 1.62. The van der Waals surface area contributed by atoms with Crippen molar-refractivity contribution in [1.82, 2.24) is 15.1 Å². The van der Waals surface area contributed by atoms with Crippen molar-refractivity contribution in [3.8, 4) is 0 Å². The van der Waals surface area contributed by atoms with E-state index in [2.05, 4.69) is 24.3 Å². The second-order valence-corrected chi connectivity index (χ2v) is 9.64. The Morgan fingerprint density at radius 3 is 2.74 bits per heavy atom. The van der Waals surface area contributed by atoms with Crippen LogP contribution in [-0.2, 0) is 9.59 Å². The zero-order chi connectivity index (χ0) is 19.9. The molecule has 3 rings (SSSR count). The van der Waals surface area contributed by atoms with Crippen LogP contribution in [0.3, 0.4) is 0 Å². The standard InChI is InChI=1S/C19H31N3O4S/c1-10-15-14(11(2)23)18(24)22(15)16(19(25)26)17(10)27-13-8-12(20-9-13)6-5-7-21(3)4/h10-15,20,23H,5-9H2,1-4H3,(H,25,26)/t10-,11-,12-,13+,14-,15?/m1/s1. The molecule has 0 radical (unpaired) electrons. The SMILES string of the molecule is C[C@H]1C(S[C@@H]2CN[C@H](CCCN(C)C)C2)=C(C(=O)O)N2C(=O)[C@H]([C@@H](C)O)C12. The van der Waals surface area contributed by atoms with E-state index in [9.17, 15) is 19.8 Å². The molecule has 7 nitrogen and oxygen atoms in total. The Kier molecular flexibility index (Phi) is 6.20. The van der Waals surface area contributed by atoms with Crippen LogP contribution in [0, 0.1) is 11.8 Å². The molecule has 0 spiro atoms. The molecule has 0 aromatic heterocycles. The highest BCUT2D eigenvalue weighted by Crippen LogP contribution is 2.51. The predicted octanol–water partition coefficient (Wildman–Crippen LogP) is 0.946. The molecule has 3 aliphatic rings. The number of nitrogens with one attached hydrogen (secondary N) is 1. The van der Waals surface area contributed by atoms with Crippen LogP contribution in [0.5, 0.6) is 0 Å². The first-order chi connectivity index (χ1) is 12.7. The van der Waals surface area contributed by atoms with Crippen molar-refractivity contribution in [2.75, 3.05) is 27.2 Å². The van der Waals surface area contributed by atoms with Crippen molar-refractivity contribution < 1.29 is 19.8 Å². The van der Waals surface area contributed by atoms with Crippen LogP contribution in [0.1, 0.15) is 33.1 Å². The summed E-state index contributed by atoms with van der Waals surface area (Å²) in [6.45, 7) is 5.52. The fourth-order valence-electron chi connectivity index (χ4n) is 4.60. The topological polar surface area (TPSA) is 93.1 Å². The Hall–Kier alpha value is -1.09. The minimum absolute atomic E-state index is 0.0498. The van der Waals surface area contributed by atoms with Gasteiger partial charge in [-0.3, -0.25) is 4.79 Å². The Morgan fingerprint density at radius 2 is 2.15 bits per heavy atom. The van der Waals surface area contributed by atoms with E-state index in [1.54, 1.807) is 18.7 Å². The number of rotatable bonds is 8. The van der Waals surface area contributed by atoms with Crippen LogP contribution in [0.4, 0.5) is 0 Å². The minimum Gasteiger partial charge on any atom is -0.477 e. The lowest BCUT2D eigenvalue weighted by molar-refractivity contribution is -0.163. The number of carbonyl (C=O) groups excluding carboxylic acids is 1. The number of hydrogen-bond acceptors (Lipinski definition) is 6. The average Bonchev–Trinajstić information content (AvgIpc) is 3.09. The molecule has 6 atom stereocenters. The molecule has 0 aromatic rings. The summed E-state index contributed by atoms with van der Waals surface area (Å²) in [6, 6.07) is 0.244. The maximum atomic E-state index is 12.4. The number of carboxylic acids is 1. The van der Waals surface area contributed by atoms with Crippen LogP contribution < -0.4 is 5.32 Å². The van der Waals surface area contributed by atoms with E-state index < -0.39 is 18.0 Å². The van der Waals surface area contributed by atoms with Gasteiger partial charge in [-0.15, -0.1) is 11.8 Å². The second kappa shape index (κ2) is 8.11. The van der Waals surface area contributed by atoms with E-state index in [0.717, 1.165) is 37.3 Å². The molecule has 3 N–H and O–H groups in total. The van der Waals surface area contributed by atoms with Crippen molar-refractivity contribution in [3.63, 3.8) is 0 Å². The Morgan fingerprint density at radius 1 is 1.44 bits per heavy atom. The van der Waals surface area contributed by atoms with E-state index in [1.165, 1.54) is 4.90 Å². The number of hydrogen-bond donors (Lipinski definition) is 3. The van der Waals surface area contributed by atoms with Gasteiger partial charge in [-0.25, -0.2) is 4.79 Å². The van der Waals surface area contributed by atoms with Crippen molar-refractivity contribution in [2.24, 2.45) is 11.8 Å². The molecule has 1 unspecified atom stereocenters. The molecular weight excluding hydrogens is 366 g/mol. The van der Waals surface area contributed by atoms with Gasteiger partial charge in [0.1, 0.15) is 5.70 Å². The van der Waals surface area contributed by atoms with Gasteiger partial charge in [-0.2, -0.15) is 0 Å². The minimum atomic E-state index is -1.04. The number of aliphatic hydroxyl groups excluding tert-OH is 1. The molecule has 3 heterocycles. The lowest BCUT2D eigenvalue weighted by atomic mass is 9.79. The summed E-state index contributed by atoms with van der Waals surface area (Å²) in [5.74, 6) is -1.85. The van der Waals surface area contributed by atoms with Gasteiger partial charge < -0.3 is 25.3 Å². The summed E-state index contributed by atoms with van der Waals surface area (Å²) in [6.07, 6.45) is 2.52. The number of β-lactam (4-membered cyclic amide) rings is 1. The second-order valence-electron chi connectivity index (χ2n) is 8.30. The maximum absolute atomic E-state index is 12.4. The number of thioether (sulfide) groups is 1. The van der Waals surface area contributed by atoms with Gasteiger partial charge in [0.15, 0.2) is 0 Å². The molecule has 0 aliphatic carbocycles. The summed E-state index contributed by atoms with van der Waals surface area (Å²) in [4.78, 5) is 28.6. The van der Waals surface area contributed by atoms with Crippen LogP contribution >= 0.6 is 11.8 Å². The van der Waals surface area contributed by atoms with E-state index in [0.29, 0.717) is 11.3 Å². The lowest BCUT2D eigenvalue weighted by Crippen LogP contribution is -2.63. The summed E-state index contributed by atoms with van der Waals surface area (Å²) in [5.41, 5.74) is 0.135. The van der Waals surface area contributed by atoms with Crippen molar-refractivity contribution in [1.29, 1.82) is 0 Å². The molecule has 0 bridgehead atoms. The number of fused-ring (bicyclic) bond motifs is 1. The van der Waals surface area contributed by atoms with E-state index in [1.807, 2.05) is 6.92 Å². The zero-order valence-corrected chi connectivity index (χ0v) is 17.3. The number of aliphatic hydroxyl groups is 1. The van der Waals surface area contributed by atoms with Crippen molar-refractivity contribution in [2.45, 2.75) is 56.5 Å². The van der Waals surface area contributed by atoms with E-state index >= 15 is 0 Å². The first kappa shape index (κ1) is 20.6. The van der Waals surface area contributed by atoms with Crippen LogP contribution in [-0.4, -0.2) is 82.5 Å². The van der Waals surface area contributed by atoms with Gasteiger partial charge in [-0.05, 0) is 46.8 Å². The molecule has 1 amide bonds. The van der Waals surface area contributed by atoms with E-state index in [4.69, 9.17) is 0 Å². The van der Waals surface area contributed by atoms with Crippen molar-refractivity contribution in [3.05, 3.63) is 10.6 Å². The predicted molar refractivity (Wildman–Crippen MR) is 105 cm³/mol.